The van der Waals surface area contributed by atoms with Gasteiger partial charge in [0.1, 0.15) is 11.8 Å². The van der Waals surface area contributed by atoms with Crippen molar-refractivity contribution in [2.24, 2.45) is 0 Å². The van der Waals surface area contributed by atoms with Crippen molar-refractivity contribution in [3.63, 3.8) is 0 Å². The molecule has 102 valence electrons. The summed E-state index contributed by atoms with van der Waals surface area (Å²) < 4.78 is 5.21. The van der Waals surface area contributed by atoms with Crippen LogP contribution in [0.4, 0.5) is 0 Å². The minimum atomic E-state index is 0.0870. The van der Waals surface area contributed by atoms with Crippen LogP contribution in [0.3, 0.4) is 0 Å². The molecule has 0 amide bonds. The van der Waals surface area contributed by atoms with Gasteiger partial charge < -0.3 is 10.1 Å². The summed E-state index contributed by atoms with van der Waals surface area (Å²) in [6, 6.07) is 9.70. The average molecular weight is 258 g/mol. The molecule has 0 saturated heterocycles. The maximum atomic E-state index is 8.43. The molecule has 0 aliphatic carbocycles. The van der Waals surface area contributed by atoms with E-state index in [1.165, 1.54) is 5.57 Å². The fraction of sp³-hybridized carbons (Fsp3) is 0.438. The third-order valence-corrected chi connectivity index (χ3v) is 2.49. The summed E-state index contributed by atoms with van der Waals surface area (Å²) in [5, 5.41) is 11.9. The fourth-order valence-corrected chi connectivity index (χ4v) is 1.52. The number of nitriles is 1. The van der Waals surface area contributed by atoms with Crippen molar-refractivity contribution in [2.45, 2.75) is 33.2 Å². The minimum absolute atomic E-state index is 0.0870. The number of nitrogens with zero attached hydrogens (tertiary/aromatic N) is 1. The summed E-state index contributed by atoms with van der Waals surface area (Å²) in [6.45, 7) is 9.53. The number of nitrogens with one attached hydrogen (secondary N) is 1. The normalized spacial score (nSPS) is 12.1. The van der Waals surface area contributed by atoms with Gasteiger partial charge in [0.15, 0.2) is 6.61 Å². The first-order chi connectivity index (χ1) is 8.90. The zero-order valence-corrected chi connectivity index (χ0v) is 12.2. The predicted octanol–water partition coefficient (Wildman–Crippen LogP) is 3.38. The van der Waals surface area contributed by atoms with Gasteiger partial charge in [-0.05, 0) is 45.4 Å². The van der Waals surface area contributed by atoms with Crippen LogP contribution in [0.5, 0.6) is 5.75 Å². The Morgan fingerprint density at radius 3 is 2.47 bits per heavy atom. The van der Waals surface area contributed by atoms with Crippen molar-refractivity contribution < 1.29 is 4.74 Å². The highest BCUT2D eigenvalue weighted by atomic mass is 16.5. The standard InChI is InChI=1S/C16H22N2O/c1-13(12-18-16(2,3)4)11-14-5-7-15(8-6-14)19-10-9-17/h5-8,11,18H,10,12H2,1-4H3. The molecule has 0 spiro atoms. The van der Waals surface area contributed by atoms with Gasteiger partial charge in [-0.25, -0.2) is 0 Å². The monoisotopic (exact) mass is 258 g/mol. The molecule has 0 saturated carbocycles. The van der Waals surface area contributed by atoms with Gasteiger partial charge in [-0.15, -0.1) is 0 Å². The summed E-state index contributed by atoms with van der Waals surface area (Å²) in [7, 11) is 0. The van der Waals surface area contributed by atoms with Gasteiger partial charge in [0.2, 0.25) is 0 Å². The number of hydrogen-bond acceptors (Lipinski definition) is 3. The van der Waals surface area contributed by atoms with Gasteiger partial charge in [0.25, 0.3) is 0 Å². The molecule has 3 nitrogen and oxygen atoms in total. The van der Waals surface area contributed by atoms with Gasteiger partial charge >= 0.3 is 0 Å². The Bertz CT molecular complexity index is 461. The number of rotatable bonds is 5. The Labute approximate surface area is 115 Å². The maximum absolute atomic E-state index is 8.43. The number of benzene rings is 1. The van der Waals surface area contributed by atoms with Gasteiger partial charge in [-0.3, -0.25) is 0 Å². The van der Waals surface area contributed by atoms with E-state index in [4.69, 9.17) is 10.00 Å². The molecule has 0 unspecified atom stereocenters. The molecule has 0 aromatic heterocycles. The number of ether oxygens (including phenoxy) is 1. The summed E-state index contributed by atoms with van der Waals surface area (Å²) >= 11 is 0. The molecule has 0 heterocycles. The van der Waals surface area contributed by atoms with E-state index in [-0.39, 0.29) is 12.1 Å². The van der Waals surface area contributed by atoms with Crippen LogP contribution < -0.4 is 10.1 Å². The zero-order chi connectivity index (χ0) is 14.3. The van der Waals surface area contributed by atoms with Gasteiger partial charge in [0, 0.05) is 12.1 Å². The molecule has 0 aliphatic rings. The molecule has 0 radical (unpaired) electrons. The van der Waals surface area contributed by atoms with Crippen LogP contribution >= 0.6 is 0 Å². The van der Waals surface area contributed by atoms with E-state index in [1.54, 1.807) is 0 Å². The van der Waals surface area contributed by atoms with E-state index in [1.807, 2.05) is 30.3 Å². The Kier molecular flexibility index (Phi) is 5.59. The summed E-state index contributed by atoms with van der Waals surface area (Å²) in [5.41, 5.74) is 2.54. The molecule has 0 atom stereocenters. The summed E-state index contributed by atoms with van der Waals surface area (Å²) in [4.78, 5) is 0. The molecule has 0 fully saturated rings. The fourth-order valence-electron chi connectivity index (χ4n) is 1.52. The van der Waals surface area contributed by atoms with E-state index in [9.17, 15) is 0 Å². The van der Waals surface area contributed by atoms with Crippen LogP contribution in [0.15, 0.2) is 29.8 Å². The lowest BCUT2D eigenvalue weighted by atomic mass is 10.1. The first-order valence-corrected chi connectivity index (χ1v) is 6.43. The lowest BCUT2D eigenvalue weighted by Gasteiger charge is -2.20. The molecule has 0 bridgehead atoms. The molecule has 0 aliphatic heterocycles. The molecule has 1 aromatic rings. The van der Waals surface area contributed by atoms with Crippen LogP contribution in [0.25, 0.3) is 6.08 Å². The van der Waals surface area contributed by atoms with E-state index in [2.05, 4.69) is 39.1 Å². The molecule has 19 heavy (non-hydrogen) atoms. The zero-order valence-electron chi connectivity index (χ0n) is 12.2. The average Bonchev–Trinajstić information content (AvgIpc) is 2.35. The first-order valence-electron chi connectivity index (χ1n) is 6.43. The van der Waals surface area contributed by atoms with Crippen LogP contribution in [-0.4, -0.2) is 18.7 Å². The molecule has 1 aromatic carbocycles. The van der Waals surface area contributed by atoms with Crippen molar-refractivity contribution in [1.29, 1.82) is 5.26 Å². The highest BCUT2D eigenvalue weighted by Crippen LogP contribution is 2.14. The van der Waals surface area contributed by atoms with Gasteiger partial charge in [0.05, 0.1) is 0 Å². The lowest BCUT2D eigenvalue weighted by Crippen LogP contribution is -2.36. The molecule has 1 N–H and O–H groups in total. The highest BCUT2D eigenvalue weighted by molar-refractivity contribution is 5.53. The largest absolute Gasteiger partial charge is 0.479 e. The summed E-state index contributed by atoms with van der Waals surface area (Å²) in [6.07, 6.45) is 2.15. The predicted molar refractivity (Wildman–Crippen MR) is 79.0 cm³/mol. The van der Waals surface area contributed by atoms with E-state index < -0.39 is 0 Å². The quantitative estimate of drug-likeness (QED) is 0.880. The van der Waals surface area contributed by atoms with Crippen LogP contribution in [-0.2, 0) is 0 Å². The van der Waals surface area contributed by atoms with Crippen molar-refractivity contribution in [1.82, 2.24) is 5.32 Å². The highest BCUT2D eigenvalue weighted by Gasteiger charge is 2.07. The molecule has 1 rings (SSSR count). The van der Waals surface area contributed by atoms with E-state index in [0.717, 1.165) is 17.9 Å². The van der Waals surface area contributed by atoms with Crippen molar-refractivity contribution in [3.05, 3.63) is 35.4 Å². The van der Waals surface area contributed by atoms with Crippen molar-refractivity contribution in [2.75, 3.05) is 13.2 Å². The Morgan fingerprint density at radius 2 is 1.95 bits per heavy atom. The van der Waals surface area contributed by atoms with Gasteiger partial charge in [-0.2, -0.15) is 5.26 Å². The SMILES string of the molecule is CC(=Cc1ccc(OCC#N)cc1)CNC(C)(C)C. The maximum Gasteiger partial charge on any atom is 0.174 e. The molecule has 3 heteroatoms. The van der Waals surface area contributed by atoms with E-state index >= 15 is 0 Å². The molecular formula is C16H22N2O. The Hall–Kier alpha value is -1.79. The van der Waals surface area contributed by atoms with Crippen LogP contribution in [0.2, 0.25) is 0 Å². The lowest BCUT2D eigenvalue weighted by molar-refractivity contribution is 0.368. The second-order valence-corrected chi connectivity index (χ2v) is 5.61. The van der Waals surface area contributed by atoms with Crippen LogP contribution in [0, 0.1) is 11.3 Å². The third-order valence-electron chi connectivity index (χ3n) is 2.49. The minimum Gasteiger partial charge on any atom is -0.479 e. The van der Waals surface area contributed by atoms with Gasteiger partial charge in [-0.1, -0.05) is 23.8 Å². The second kappa shape index (κ2) is 6.96. The summed E-state index contributed by atoms with van der Waals surface area (Å²) in [5.74, 6) is 0.726. The smallest absolute Gasteiger partial charge is 0.174 e. The van der Waals surface area contributed by atoms with Crippen LogP contribution in [0.1, 0.15) is 33.3 Å². The molecular weight excluding hydrogens is 236 g/mol. The first kappa shape index (κ1) is 15.3. The third kappa shape index (κ3) is 6.64. The Morgan fingerprint density at radius 1 is 1.32 bits per heavy atom. The Balaban J connectivity index is 2.58. The van der Waals surface area contributed by atoms with Crippen molar-refractivity contribution in [3.8, 4) is 11.8 Å². The second-order valence-electron chi connectivity index (χ2n) is 5.61. The van der Waals surface area contributed by atoms with E-state index in [0.29, 0.717) is 0 Å². The van der Waals surface area contributed by atoms with Crippen molar-refractivity contribution >= 4 is 6.08 Å². The number of hydrogen-bond donors (Lipinski definition) is 1. The topological polar surface area (TPSA) is 45.0 Å².